The number of nitrogens with one attached hydrogen (secondary N) is 1. The van der Waals surface area contributed by atoms with Gasteiger partial charge in [-0.15, -0.1) is 0 Å². The van der Waals surface area contributed by atoms with Crippen LogP contribution in [-0.4, -0.2) is 31.8 Å². The highest BCUT2D eigenvalue weighted by molar-refractivity contribution is 6.04. The minimum atomic E-state index is -0.241. The molecule has 0 aliphatic heterocycles. The molecule has 20 heavy (non-hydrogen) atoms. The number of phenols is 1. The molecule has 2 aromatic rings. The zero-order chi connectivity index (χ0) is 14.7. The number of aromatic hydroxyl groups is 1. The highest BCUT2D eigenvalue weighted by atomic mass is 16.5. The van der Waals surface area contributed by atoms with Gasteiger partial charge < -0.3 is 19.9 Å². The summed E-state index contributed by atoms with van der Waals surface area (Å²) in [4.78, 5) is 11.9. The van der Waals surface area contributed by atoms with Gasteiger partial charge in [-0.25, -0.2) is 0 Å². The molecule has 0 fully saturated rings. The molecule has 1 amide bonds. The Bertz CT molecular complexity index is 652. The molecule has 0 aliphatic rings. The highest BCUT2D eigenvalue weighted by Gasteiger charge is 2.15. The average Bonchev–Trinajstić information content (AvgIpc) is 2.46. The molecule has 0 spiro atoms. The molecule has 2 N–H and O–H groups in total. The maximum atomic E-state index is 11.9. The van der Waals surface area contributed by atoms with Crippen molar-refractivity contribution in [3.63, 3.8) is 0 Å². The SMILES string of the molecule is CCNC(=O)c1cc(O)c2c(OC)ccc(OC)c2c1. The fraction of sp³-hybridized carbons (Fsp3) is 0.267. The van der Waals surface area contributed by atoms with Crippen molar-refractivity contribution in [1.29, 1.82) is 0 Å². The Morgan fingerprint density at radius 2 is 1.85 bits per heavy atom. The first-order valence-electron chi connectivity index (χ1n) is 6.28. The molecule has 5 nitrogen and oxygen atoms in total. The van der Waals surface area contributed by atoms with Gasteiger partial charge in [0.15, 0.2) is 0 Å². The lowest BCUT2D eigenvalue weighted by Gasteiger charge is -2.12. The molecule has 106 valence electrons. The van der Waals surface area contributed by atoms with Crippen LogP contribution < -0.4 is 14.8 Å². The first kappa shape index (κ1) is 14.0. The Morgan fingerprint density at radius 3 is 2.45 bits per heavy atom. The summed E-state index contributed by atoms with van der Waals surface area (Å²) in [5.74, 6) is 0.845. The third-order valence-electron chi connectivity index (χ3n) is 3.05. The van der Waals surface area contributed by atoms with E-state index < -0.39 is 0 Å². The normalized spacial score (nSPS) is 10.3. The third-order valence-corrected chi connectivity index (χ3v) is 3.05. The number of hydrogen-bond donors (Lipinski definition) is 2. The predicted octanol–water partition coefficient (Wildman–Crippen LogP) is 2.31. The van der Waals surface area contributed by atoms with Crippen LogP contribution in [0.25, 0.3) is 10.8 Å². The monoisotopic (exact) mass is 275 g/mol. The summed E-state index contributed by atoms with van der Waals surface area (Å²) in [6.45, 7) is 2.36. The first-order valence-corrected chi connectivity index (χ1v) is 6.28. The van der Waals surface area contributed by atoms with E-state index in [2.05, 4.69) is 5.32 Å². The first-order chi connectivity index (χ1) is 9.62. The number of ether oxygens (including phenoxy) is 2. The van der Waals surface area contributed by atoms with Gasteiger partial charge in [-0.05, 0) is 31.2 Å². The number of methoxy groups -OCH3 is 2. The van der Waals surface area contributed by atoms with Gasteiger partial charge in [0.25, 0.3) is 5.91 Å². The molecule has 0 aromatic heterocycles. The predicted molar refractivity (Wildman–Crippen MR) is 76.7 cm³/mol. The molecule has 0 unspecified atom stereocenters. The Hall–Kier alpha value is -2.43. The topological polar surface area (TPSA) is 67.8 Å². The number of phenolic OH excluding ortho intramolecular Hbond substituents is 1. The van der Waals surface area contributed by atoms with Crippen molar-refractivity contribution in [1.82, 2.24) is 5.32 Å². The smallest absolute Gasteiger partial charge is 0.251 e. The summed E-state index contributed by atoms with van der Waals surface area (Å²) < 4.78 is 10.5. The number of fused-ring (bicyclic) bond motifs is 1. The summed E-state index contributed by atoms with van der Waals surface area (Å²) in [6.07, 6.45) is 0. The van der Waals surface area contributed by atoms with E-state index in [9.17, 15) is 9.90 Å². The number of carbonyl (C=O) groups is 1. The van der Waals surface area contributed by atoms with Crippen LogP contribution in [0.1, 0.15) is 17.3 Å². The highest BCUT2D eigenvalue weighted by Crippen LogP contribution is 2.39. The summed E-state index contributed by atoms with van der Waals surface area (Å²) in [6, 6.07) is 6.56. The fourth-order valence-electron chi connectivity index (χ4n) is 2.15. The van der Waals surface area contributed by atoms with Gasteiger partial charge >= 0.3 is 0 Å². The Balaban J connectivity index is 2.72. The summed E-state index contributed by atoms with van der Waals surface area (Å²) >= 11 is 0. The van der Waals surface area contributed by atoms with E-state index in [0.29, 0.717) is 34.4 Å². The van der Waals surface area contributed by atoms with E-state index in [0.717, 1.165) is 0 Å². The van der Waals surface area contributed by atoms with Gasteiger partial charge in [-0.1, -0.05) is 0 Å². The van der Waals surface area contributed by atoms with Crippen LogP contribution in [0, 0.1) is 0 Å². The standard InChI is InChI=1S/C15H17NO4/c1-4-16-15(18)9-7-10-12(19-2)5-6-13(20-3)14(10)11(17)8-9/h5-8,17H,4H2,1-3H3,(H,16,18). The van der Waals surface area contributed by atoms with Crippen molar-refractivity contribution >= 4 is 16.7 Å². The molecule has 0 saturated heterocycles. The molecule has 0 atom stereocenters. The second-order valence-corrected chi connectivity index (χ2v) is 4.25. The fourth-order valence-corrected chi connectivity index (χ4v) is 2.15. The lowest BCUT2D eigenvalue weighted by Crippen LogP contribution is -2.22. The molecular formula is C15H17NO4. The molecule has 0 aliphatic carbocycles. The molecule has 0 heterocycles. The minimum Gasteiger partial charge on any atom is -0.507 e. The zero-order valence-electron chi connectivity index (χ0n) is 11.7. The van der Waals surface area contributed by atoms with Gasteiger partial charge in [-0.3, -0.25) is 4.79 Å². The van der Waals surface area contributed by atoms with Gasteiger partial charge in [0.05, 0.1) is 19.6 Å². The Morgan fingerprint density at radius 1 is 1.20 bits per heavy atom. The number of rotatable bonds is 4. The molecular weight excluding hydrogens is 258 g/mol. The van der Waals surface area contributed by atoms with E-state index >= 15 is 0 Å². The summed E-state index contributed by atoms with van der Waals surface area (Å²) in [7, 11) is 3.06. The van der Waals surface area contributed by atoms with Crippen LogP contribution in [0.5, 0.6) is 17.2 Å². The van der Waals surface area contributed by atoms with Crippen molar-refractivity contribution < 1.29 is 19.4 Å². The van der Waals surface area contributed by atoms with Crippen LogP contribution in [0.3, 0.4) is 0 Å². The largest absolute Gasteiger partial charge is 0.507 e. The molecule has 0 saturated carbocycles. The van der Waals surface area contributed by atoms with Crippen LogP contribution in [0.4, 0.5) is 0 Å². The quantitative estimate of drug-likeness (QED) is 0.898. The van der Waals surface area contributed by atoms with E-state index in [-0.39, 0.29) is 11.7 Å². The molecule has 2 rings (SSSR count). The number of amides is 1. The maximum absolute atomic E-state index is 11.9. The van der Waals surface area contributed by atoms with E-state index in [1.54, 1.807) is 18.2 Å². The van der Waals surface area contributed by atoms with Gasteiger partial charge in [0, 0.05) is 17.5 Å². The van der Waals surface area contributed by atoms with E-state index in [1.165, 1.54) is 20.3 Å². The lowest BCUT2D eigenvalue weighted by atomic mass is 10.0. The Kier molecular flexibility index (Phi) is 3.98. The summed E-state index contributed by atoms with van der Waals surface area (Å²) in [5.41, 5.74) is 0.378. The van der Waals surface area contributed by atoms with Gasteiger partial charge in [0.2, 0.25) is 0 Å². The average molecular weight is 275 g/mol. The number of benzene rings is 2. The number of hydrogen-bond acceptors (Lipinski definition) is 4. The van der Waals surface area contributed by atoms with E-state index in [1.807, 2.05) is 6.92 Å². The maximum Gasteiger partial charge on any atom is 0.251 e. The lowest BCUT2D eigenvalue weighted by molar-refractivity contribution is 0.0955. The van der Waals surface area contributed by atoms with E-state index in [4.69, 9.17) is 9.47 Å². The molecule has 5 heteroatoms. The minimum absolute atomic E-state index is 0.0143. The second kappa shape index (κ2) is 5.69. The van der Waals surface area contributed by atoms with Gasteiger partial charge in [0.1, 0.15) is 17.2 Å². The van der Waals surface area contributed by atoms with Crippen LogP contribution in [0.15, 0.2) is 24.3 Å². The third kappa shape index (κ3) is 2.34. The Labute approximate surface area is 117 Å². The van der Waals surface area contributed by atoms with Crippen molar-refractivity contribution in [2.45, 2.75) is 6.92 Å². The van der Waals surface area contributed by atoms with Crippen LogP contribution in [0.2, 0.25) is 0 Å². The van der Waals surface area contributed by atoms with Crippen molar-refractivity contribution in [2.75, 3.05) is 20.8 Å². The van der Waals surface area contributed by atoms with Crippen molar-refractivity contribution in [3.05, 3.63) is 29.8 Å². The zero-order valence-corrected chi connectivity index (χ0v) is 11.7. The second-order valence-electron chi connectivity index (χ2n) is 4.25. The number of carbonyl (C=O) groups excluding carboxylic acids is 1. The molecule has 2 aromatic carbocycles. The molecule has 0 bridgehead atoms. The molecule has 0 radical (unpaired) electrons. The van der Waals surface area contributed by atoms with Crippen molar-refractivity contribution in [3.8, 4) is 17.2 Å². The van der Waals surface area contributed by atoms with Crippen LogP contribution in [-0.2, 0) is 0 Å². The summed E-state index contributed by atoms with van der Waals surface area (Å²) in [5, 5.41) is 14.0. The van der Waals surface area contributed by atoms with Crippen molar-refractivity contribution in [2.24, 2.45) is 0 Å². The van der Waals surface area contributed by atoms with Gasteiger partial charge in [-0.2, -0.15) is 0 Å². The van der Waals surface area contributed by atoms with Crippen LogP contribution >= 0.6 is 0 Å².